The number of hydrogen-bond acceptors (Lipinski definition) is 8. The number of nitrogen functional groups attached to an aromatic ring is 1. The molecule has 3 aromatic rings. The summed E-state index contributed by atoms with van der Waals surface area (Å²) in [5.41, 5.74) is 8.19. The predicted octanol–water partition coefficient (Wildman–Crippen LogP) is 4.11. The van der Waals surface area contributed by atoms with Gasteiger partial charge in [0.15, 0.2) is 5.16 Å². The van der Waals surface area contributed by atoms with Crippen LogP contribution < -0.4 is 15.8 Å². The average Bonchev–Trinajstić information content (AvgIpc) is 3.10. The van der Waals surface area contributed by atoms with Gasteiger partial charge in [0.25, 0.3) is 0 Å². The number of aromatic nitrogens is 2. The monoisotopic (exact) mass is 444 g/mol. The molecule has 2 aromatic heterocycles. The second kappa shape index (κ2) is 8.79. The molecule has 0 saturated carbocycles. The maximum atomic E-state index is 12.3. The zero-order valence-corrected chi connectivity index (χ0v) is 18.7. The van der Waals surface area contributed by atoms with Crippen LogP contribution in [0.2, 0.25) is 0 Å². The van der Waals surface area contributed by atoms with Crippen LogP contribution in [0.4, 0.5) is 11.5 Å². The van der Waals surface area contributed by atoms with Crippen molar-refractivity contribution in [3.8, 4) is 5.75 Å². The van der Waals surface area contributed by atoms with E-state index < -0.39 is 0 Å². The largest absolute Gasteiger partial charge is 0.497 e. The summed E-state index contributed by atoms with van der Waals surface area (Å²) in [6.07, 6.45) is 1.01. The summed E-state index contributed by atoms with van der Waals surface area (Å²) in [5, 5.41) is 4.29. The average molecular weight is 445 g/mol. The molecule has 0 aliphatic carbocycles. The van der Waals surface area contributed by atoms with E-state index in [1.54, 1.807) is 24.5 Å². The lowest BCUT2D eigenvalue weighted by molar-refractivity contribution is -0.113. The third-order valence-electron chi connectivity index (χ3n) is 5.00. The number of carbonyl (C=O) groups excluding carboxylic acids is 1. The van der Waals surface area contributed by atoms with Crippen LogP contribution >= 0.6 is 23.1 Å². The van der Waals surface area contributed by atoms with Gasteiger partial charge in [-0.2, -0.15) is 0 Å². The third kappa shape index (κ3) is 4.38. The van der Waals surface area contributed by atoms with Crippen LogP contribution in [0.15, 0.2) is 29.4 Å². The number of carbonyl (C=O) groups is 1. The van der Waals surface area contributed by atoms with Crippen LogP contribution in [0.3, 0.4) is 0 Å². The second-order valence-electron chi connectivity index (χ2n) is 7.44. The molecule has 0 spiro atoms. The number of ether oxygens (including phenoxy) is 2. The Morgan fingerprint density at radius 3 is 3.03 bits per heavy atom. The van der Waals surface area contributed by atoms with E-state index in [0.29, 0.717) is 34.9 Å². The van der Waals surface area contributed by atoms with Crippen LogP contribution in [0.25, 0.3) is 10.2 Å². The third-order valence-corrected chi connectivity index (χ3v) is 6.95. The SMILES string of the molecule is COc1cccc(NC(=O)CSc2nc(N)c3c4c(sc3n2)CO[C@@H](C(C)C)C4)c1. The molecule has 1 aliphatic rings. The molecule has 0 radical (unpaired) electrons. The Bertz CT molecular complexity index is 1080. The fourth-order valence-electron chi connectivity index (χ4n) is 3.41. The van der Waals surface area contributed by atoms with Crippen molar-refractivity contribution in [2.24, 2.45) is 5.92 Å². The summed E-state index contributed by atoms with van der Waals surface area (Å²) in [6, 6.07) is 7.23. The summed E-state index contributed by atoms with van der Waals surface area (Å²) in [5.74, 6) is 1.64. The van der Waals surface area contributed by atoms with E-state index in [0.717, 1.165) is 16.6 Å². The Balaban J connectivity index is 1.47. The highest BCUT2D eigenvalue weighted by Gasteiger charge is 2.27. The molecule has 30 heavy (non-hydrogen) atoms. The van der Waals surface area contributed by atoms with Crippen molar-refractivity contribution in [1.82, 2.24) is 9.97 Å². The van der Waals surface area contributed by atoms with Gasteiger partial charge < -0.3 is 20.5 Å². The molecule has 158 valence electrons. The van der Waals surface area contributed by atoms with Gasteiger partial charge in [0.1, 0.15) is 16.4 Å². The van der Waals surface area contributed by atoms with E-state index in [2.05, 4.69) is 29.1 Å². The van der Waals surface area contributed by atoms with Crippen LogP contribution in [-0.2, 0) is 22.6 Å². The topological polar surface area (TPSA) is 99.4 Å². The number of amides is 1. The van der Waals surface area contributed by atoms with Crippen LogP contribution in [0.5, 0.6) is 5.75 Å². The summed E-state index contributed by atoms with van der Waals surface area (Å²) in [7, 11) is 1.59. The van der Waals surface area contributed by atoms with E-state index in [4.69, 9.17) is 15.2 Å². The van der Waals surface area contributed by atoms with E-state index in [1.165, 1.54) is 22.2 Å². The number of anilines is 2. The summed E-state index contributed by atoms with van der Waals surface area (Å²) in [6.45, 7) is 4.91. The van der Waals surface area contributed by atoms with Gasteiger partial charge in [-0.25, -0.2) is 9.97 Å². The summed E-state index contributed by atoms with van der Waals surface area (Å²) in [4.78, 5) is 23.5. The molecule has 1 amide bonds. The Hall–Kier alpha value is -2.36. The number of rotatable bonds is 6. The zero-order chi connectivity index (χ0) is 21.3. The standard InChI is InChI=1S/C21H24N4O3S2/c1-11(2)15-8-14-16(9-28-15)30-20-18(14)19(22)24-21(25-20)29-10-17(26)23-12-5-4-6-13(7-12)27-3/h4-7,11,15H,8-10H2,1-3H3,(H,23,26)(H2,22,24,25)/t15-/m1/s1. The van der Waals surface area contributed by atoms with Crippen LogP contribution in [0.1, 0.15) is 24.3 Å². The number of thioether (sulfide) groups is 1. The van der Waals surface area contributed by atoms with Gasteiger partial charge in [-0.1, -0.05) is 31.7 Å². The number of nitrogens with two attached hydrogens (primary N) is 1. The minimum atomic E-state index is -0.144. The molecule has 1 atom stereocenters. The lowest BCUT2D eigenvalue weighted by atomic mass is 9.96. The molecule has 0 bridgehead atoms. The van der Waals surface area contributed by atoms with Gasteiger partial charge in [0.05, 0.1) is 31.0 Å². The molecule has 7 nitrogen and oxygen atoms in total. The number of benzene rings is 1. The van der Waals surface area contributed by atoms with E-state index in [-0.39, 0.29) is 17.8 Å². The summed E-state index contributed by atoms with van der Waals surface area (Å²) >= 11 is 2.87. The van der Waals surface area contributed by atoms with Gasteiger partial charge in [-0.15, -0.1) is 11.3 Å². The zero-order valence-electron chi connectivity index (χ0n) is 17.1. The second-order valence-corrected chi connectivity index (χ2v) is 9.47. The van der Waals surface area contributed by atoms with Crippen molar-refractivity contribution in [1.29, 1.82) is 0 Å². The van der Waals surface area contributed by atoms with Gasteiger partial charge in [-0.05, 0) is 23.6 Å². The van der Waals surface area contributed by atoms with Crippen molar-refractivity contribution >= 4 is 50.7 Å². The molecule has 3 N–H and O–H groups in total. The van der Waals surface area contributed by atoms with Crippen molar-refractivity contribution in [2.45, 2.75) is 38.1 Å². The van der Waals surface area contributed by atoms with Crippen molar-refractivity contribution in [2.75, 3.05) is 23.9 Å². The van der Waals surface area contributed by atoms with Crippen molar-refractivity contribution in [3.63, 3.8) is 0 Å². The highest BCUT2D eigenvalue weighted by molar-refractivity contribution is 7.99. The van der Waals surface area contributed by atoms with E-state index >= 15 is 0 Å². The number of methoxy groups -OCH3 is 1. The fourth-order valence-corrected chi connectivity index (χ4v) is 5.25. The lowest BCUT2D eigenvalue weighted by Crippen LogP contribution is -2.26. The molecule has 3 heterocycles. The van der Waals surface area contributed by atoms with Gasteiger partial charge >= 0.3 is 0 Å². The number of fused-ring (bicyclic) bond motifs is 3. The van der Waals surface area contributed by atoms with Gasteiger partial charge in [-0.3, -0.25) is 4.79 Å². The first-order chi connectivity index (χ1) is 14.4. The quantitative estimate of drug-likeness (QED) is 0.436. The Kier molecular flexibility index (Phi) is 6.12. The first kappa shape index (κ1) is 20.9. The highest BCUT2D eigenvalue weighted by Crippen LogP contribution is 2.39. The molecule has 0 unspecified atom stereocenters. The molecular formula is C21H24N4O3S2. The molecule has 0 fully saturated rings. The number of nitrogens with one attached hydrogen (secondary N) is 1. The van der Waals surface area contributed by atoms with Gasteiger partial charge in [0, 0.05) is 23.1 Å². The molecule has 1 aromatic carbocycles. The number of hydrogen-bond donors (Lipinski definition) is 2. The maximum absolute atomic E-state index is 12.3. The van der Waals surface area contributed by atoms with E-state index in [1.807, 2.05) is 18.2 Å². The molecule has 9 heteroatoms. The Morgan fingerprint density at radius 2 is 2.27 bits per heavy atom. The van der Waals surface area contributed by atoms with E-state index in [9.17, 15) is 4.79 Å². The molecule has 1 aliphatic heterocycles. The van der Waals surface area contributed by atoms with Crippen LogP contribution in [-0.4, -0.2) is 34.8 Å². The fraction of sp³-hybridized carbons (Fsp3) is 0.381. The van der Waals surface area contributed by atoms with Crippen LogP contribution in [0, 0.1) is 5.92 Å². The lowest BCUT2D eigenvalue weighted by Gasteiger charge is -2.26. The predicted molar refractivity (Wildman–Crippen MR) is 121 cm³/mol. The van der Waals surface area contributed by atoms with Gasteiger partial charge in [0.2, 0.25) is 5.91 Å². The number of thiophene rings is 1. The first-order valence-electron chi connectivity index (χ1n) is 9.70. The first-order valence-corrected chi connectivity index (χ1v) is 11.5. The minimum absolute atomic E-state index is 0.144. The Labute approximate surface area is 183 Å². The number of nitrogens with zero attached hydrogens (tertiary/aromatic N) is 2. The molecule has 4 rings (SSSR count). The Morgan fingerprint density at radius 1 is 1.43 bits per heavy atom. The normalized spacial score (nSPS) is 15.9. The van der Waals surface area contributed by atoms with Crippen molar-refractivity contribution in [3.05, 3.63) is 34.7 Å². The maximum Gasteiger partial charge on any atom is 0.234 e. The minimum Gasteiger partial charge on any atom is -0.497 e. The smallest absolute Gasteiger partial charge is 0.234 e. The molecular weight excluding hydrogens is 420 g/mol. The summed E-state index contributed by atoms with van der Waals surface area (Å²) < 4.78 is 11.1. The van der Waals surface area contributed by atoms with Crippen molar-refractivity contribution < 1.29 is 14.3 Å². The highest BCUT2D eigenvalue weighted by atomic mass is 32.2. The molecule has 0 saturated heterocycles.